The van der Waals surface area contributed by atoms with Gasteiger partial charge in [0.25, 0.3) is 0 Å². The fraction of sp³-hybridized carbons (Fsp3) is 0.467. The van der Waals surface area contributed by atoms with Crippen LogP contribution in [0, 0.1) is 5.41 Å². The van der Waals surface area contributed by atoms with Crippen molar-refractivity contribution >= 4 is 26.6 Å². The van der Waals surface area contributed by atoms with Gasteiger partial charge < -0.3 is 10.7 Å². The molecule has 2 rings (SSSR count). The van der Waals surface area contributed by atoms with E-state index in [1.165, 1.54) is 10.5 Å². The Balaban J connectivity index is 2.52. The quantitative estimate of drug-likeness (QED) is 0.856. The van der Waals surface area contributed by atoms with E-state index in [0.717, 1.165) is 5.52 Å². The van der Waals surface area contributed by atoms with Crippen LogP contribution in [0.1, 0.15) is 27.7 Å². The number of nitrogens with two attached hydrogens (primary N) is 1. The second-order valence-corrected chi connectivity index (χ2v) is 8.49. The number of aromatic nitrogens is 1. The molecule has 0 bridgehead atoms. The molecule has 1 heterocycles. The highest BCUT2D eigenvalue weighted by atomic mass is 32.2. The molecule has 0 aliphatic carbocycles. The van der Waals surface area contributed by atoms with Crippen molar-refractivity contribution in [2.75, 3.05) is 12.8 Å². The van der Waals surface area contributed by atoms with Gasteiger partial charge >= 0.3 is 0 Å². The lowest BCUT2D eigenvalue weighted by atomic mass is 9.88. The minimum atomic E-state index is -3.56. The number of H-pyrrole nitrogens is 1. The molecule has 1 unspecified atom stereocenters. The molecule has 0 fully saturated rings. The maximum atomic E-state index is 12.9. The Hall–Kier alpha value is -1.53. The van der Waals surface area contributed by atoms with Crippen molar-refractivity contribution in [3.8, 4) is 0 Å². The normalized spacial score (nSPS) is 14.8. The van der Waals surface area contributed by atoms with Gasteiger partial charge in [-0.2, -0.15) is 4.31 Å². The van der Waals surface area contributed by atoms with Gasteiger partial charge in [-0.25, -0.2) is 8.42 Å². The van der Waals surface area contributed by atoms with Crippen molar-refractivity contribution in [2.45, 2.75) is 38.6 Å². The van der Waals surface area contributed by atoms with Gasteiger partial charge in [0.05, 0.1) is 0 Å². The fourth-order valence-electron chi connectivity index (χ4n) is 2.24. The second-order valence-electron chi connectivity index (χ2n) is 6.52. The molecule has 0 saturated carbocycles. The van der Waals surface area contributed by atoms with Crippen LogP contribution in [0.25, 0.3) is 10.9 Å². The molecule has 21 heavy (non-hydrogen) atoms. The Labute approximate surface area is 126 Å². The molecule has 0 saturated heterocycles. The summed E-state index contributed by atoms with van der Waals surface area (Å²) >= 11 is 0. The van der Waals surface area contributed by atoms with Gasteiger partial charge in [0.2, 0.25) is 10.0 Å². The molecule has 1 atom stereocenters. The number of fused-ring (bicyclic) bond motifs is 1. The number of hydrogen-bond donors (Lipinski definition) is 2. The molecule has 2 aromatic rings. The number of hydrogen-bond acceptors (Lipinski definition) is 3. The summed E-state index contributed by atoms with van der Waals surface area (Å²) in [5.41, 5.74) is 6.92. The summed E-state index contributed by atoms with van der Waals surface area (Å²) in [4.78, 5) is 3.27. The van der Waals surface area contributed by atoms with E-state index in [0.29, 0.717) is 11.1 Å². The Kier molecular flexibility index (Phi) is 3.80. The van der Waals surface area contributed by atoms with E-state index < -0.39 is 10.0 Å². The minimum absolute atomic E-state index is 0.124. The van der Waals surface area contributed by atoms with Crippen LogP contribution < -0.4 is 5.73 Å². The Morgan fingerprint density at radius 2 is 1.90 bits per heavy atom. The highest BCUT2D eigenvalue weighted by molar-refractivity contribution is 7.89. The zero-order valence-corrected chi connectivity index (χ0v) is 14.0. The van der Waals surface area contributed by atoms with Crippen LogP contribution >= 0.6 is 0 Å². The van der Waals surface area contributed by atoms with Gasteiger partial charge in [-0.1, -0.05) is 20.8 Å². The van der Waals surface area contributed by atoms with Crippen LogP contribution in [-0.2, 0) is 10.0 Å². The van der Waals surface area contributed by atoms with Crippen molar-refractivity contribution in [1.82, 2.24) is 9.29 Å². The SMILES string of the molecule is CC(N(C)S(=O)(=O)c1c[nH]c2cc(N)ccc12)C(C)(C)C. The van der Waals surface area contributed by atoms with Crippen molar-refractivity contribution in [2.24, 2.45) is 5.41 Å². The molecule has 0 aliphatic rings. The van der Waals surface area contributed by atoms with E-state index in [1.54, 1.807) is 25.2 Å². The van der Waals surface area contributed by atoms with Gasteiger partial charge in [-0.15, -0.1) is 0 Å². The average molecular weight is 309 g/mol. The largest absolute Gasteiger partial charge is 0.399 e. The predicted octanol–water partition coefficient (Wildman–Crippen LogP) is 2.81. The fourth-order valence-corrected chi connectivity index (χ4v) is 3.95. The Bertz CT molecular complexity index is 757. The van der Waals surface area contributed by atoms with Crippen LogP contribution in [-0.4, -0.2) is 30.8 Å². The smallest absolute Gasteiger partial charge is 0.245 e. The van der Waals surface area contributed by atoms with Gasteiger partial charge in [-0.05, 0) is 30.5 Å². The van der Waals surface area contributed by atoms with E-state index in [9.17, 15) is 8.42 Å². The monoisotopic (exact) mass is 309 g/mol. The van der Waals surface area contributed by atoms with Crippen molar-refractivity contribution in [1.29, 1.82) is 0 Å². The topological polar surface area (TPSA) is 79.2 Å². The van der Waals surface area contributed by atoms with Crippen LogP contribution in [0.2, 0.25) is 0 Å². The van der Waals surface area contributed by atoms with Gasteiger partial charge in [-0.3, -0.25) is 0 Å². The zero-order chi connectivity index (χ0) is 16.0. The van der Waals surface area contributed by atoms with E-state index in [1.807, 2.05) is 27.7 Å². The van der Waals surface area contributed by atoms with Gasteiger partial charge in [0.15, 0.2) is 0 Å². The molecule has 3 N–H and O–H groups in total. The molecule has 0 radical (unpaired) electrons. The average Bonchev–Trinajstić information content (AvgIpc) is 2.79. The van der Waals surface area contributed by atoms with Crippen LogP contribution in [0.4, 0.5) is 5.69 Å². The molecule has 6 heteroatoms. The Morgan fingerprint density at radius 1 is 1.29 bits per heavy atom. The summed E-state index contributed by atoms with van der Waals surface area (Å²) in [6.45, 7) is 8.00. The number of nitrogen functional groups attached to an aromatic ring is 1. The molecule has 0 aliphatic heterocycles. The van der Waals surface area contributed by atoms with Gasteiger partial charge in [0.1, 0.15) is 4.90 Å². The van der Waals surface area contributed by atoms with Gasteiger partial charge in [0, 0.05) is 35.9 Å². The molecule has 1 aromatic carbocycles. The lowest BCUT2D eigenvalue weighted by molar-refractivity contribution is 0.216. The van der Waals surface area contributed by atoms with E-state index in [4.69, 9.17) is 5.73 Å². The summed E-state index contributed by atoms with van der Waals surface area (Å²) < 4.78 is 27.1. The molecule has 116 valence electrons. The zero-order valence-electron chi connectivity index (χ0n) is 13.1. The predicted molar refractivity (Wildman–Crippen MR) is 86.6 cm³/mol. The molecular formula is C15H23N3O2S. The molecule has 0 spiro atoms. The lowest BCUT2D eigenvalue weighted by Gasteiger charge is -2.34. The first-order chi connectivity index (χ1) is 9.55. The molecule has 5 nitrogen and oxygen atoms in total. The van der Waals surface area contributed by atoms with Crippen molar-refractivity contribution in [3.63, 3.8) is 0 Å². The third-order valence-electron chi connectivity index (χ3n) is 4.12. The molecular weight excluding hydrogens is 286 g/mol. The number of rotatable bonds is 3. The maximum absolute atomic E-state index is 12.9. The summed E-state index contributed by atoms with van der Waals surface area (Å²) in [5.74, 6) is 0. The van der Waals surface area contributed by atoms with Crippen LogP contribution in [0.3, 0.4) is 0 Å². The summed E-state index contributed by atoms with van der Waals surface area (Å²) in [6.07, 6.45) is 1.53. The molecule has 1 aromatic heterocycles. The summed E-state index contributed by atoms with van der Waals surface area (Å²) in [7, 11) is -1.93. The summed E-state index contributed by atoms with van der Waals surface area (Å²) in [6, 6.07) is 5.06. The number of benzene rings is 1. The Morgan fingerprint density at radius 3 is 2.48 bits per heavy atom. The number of nitrogens with one attached hydrogen (secondary N) is 1. The van der Waals surface area contributed by atoms with Crippen LogP contribution in [0.15, 0.2) is 29.3 Å². The number of nitrogens with zero attached hydrogens (tertiary/aromatic N) is 1. The first-order valence-electron chi connectivity index (χ1n) is 6.90. The number of aromatic amines is 1. The number of sulfonamides is 1. The van der Waals surface area contributed by atoms with Crippen LogP contribution in [0.5, 0.6) is 0 Å². The molecule has 0 amide bonds. The standard InChI is InChI=1S/C15H23N3O2S/c1-10(15(2,3)4)18(5)21(19,20)14-9-17-13-8-11(16)6-7-12(13)14/h6-10,17H,16H2,1-5H3. The first kappa shape index (κ1) is 15.9. The maximum Gasteiger partial charge on any atom is 0.245 e. The third-order valence-corrected chi connectivity index (χ3v) is 6.09. The summed E-state index contributed by atoms with van der Waals surface area (Å²) in [5, 5.41) is 0.664. The van der Waals surface area contributed by atoms with E-state index in [-0.39, 0.29) is 16.4 Å². The third kappa shape index (κ3) is 2.78. The highest BCUT2D eigenvalue weighted by Crippen LogP contribution is 2.31. The van der Waals surface area contributed by atoms with Crippen molar-refractivity contribution in [3.05, 3.63) is 24.4 Å². The highest BCUT2D eigenvalue weighted by Gasteiger charge is 2.33. The second kappa shape index (κ2) is 5.03. The first-order valence-corrected chi connectivity index (χ1v) is 8.34. The minimum Gasteiger partial charge on any atom is -0.399 e. The van der Waals surface area contributed by atoms with E-state index >= 15 is 0 Å². The van der Waals surface area contributed by atoms with E-state index in [2.05, 4.69) is 4.98 Å². The van der Waals surface area contributed by atoms with Crippen molar-refractivity contribution < 1.29 is 8.42 Å². The lowest BCUT2D eigenvalue weighted by Crippen LogP contribution is -2.42. The number of anilines is 1.